The summed E-state index contributed by atoms with van der Waals surface area (Å²) < 4.78 is 0. The van der Waals surface area contributed by atoms with Crippen LogP contribution in [0.2, 0.25) is 0 Å². The Labute approximate surface area is 110 Å². The van der Waals surface area contributed by atoms with Crippen molar-refractivity contribution in [1.29, 1.82) is 0 Å². The largest absolute Gasteiger partial charge is 0.295 e. The molecule has 0 aromatic heterocycles. The molecule has 3 nitrogen and oxygen atoms in total. The number of ketones is 1. The average molecular weight is 251 g/mol. The number of allylic oxidation sites excluding steroid dienone is 2. The molecule has 0 fully saturated rings. The molecule has 0 aliphatic heterocycles. The fourth-order valence-corrected chi connectivity index (χ4v) is 2.65. The van der Waals surface area contributed by atoms with E-state index in [-0.39, 0.29) is 5.78 Å². The summed E-state index contributed by atoms with van der Waals surface area (Å²) in [5.41, 5.74) is 2.54. The summed E-state index contributed by atoms with van der Waals surface area (Å²) in [6.07, 6.45) is 4.17. The molecule has 0 heterocycles. The topological polar surface area (TPSA) is 46.5 Å². The molecule has 0 N–H and O–H groups in total. The van der Waals surface area contributed by atoms with Gasteiger partial charge in [-0.25, -0.2) is 0 Å². The van der Waals surface area contributed by atoms with Crippen molar-refractivity contribution < 1.29 is 4.79 Å². The van der Waals surface area contributed by atoms with Gasteiger partial charge in [0.2, 0.25) is 0 Å². The SMILES string of the molecule is O=Nc1ccc(C2=CC(=O)CCC2)c2ccccc12. The molecule has 0 spiro atoms. The van der Waals surface area contributed by atoms with Crippen LogP contribution in [0.15, 0.2) is 47.7 Å². The van der Waals surface area contributed by atoms with Gasteiger partial charge in [-0.2, -0.15) is 0 Å². The van der Waals surface area contributed by atoms with E-state index in [1.807, 2.05) is 30.3 Å². The average Bonchev–Trinajstić information content (AvgIpc) is 2.46. The molecule has 0 atom stereocenters. The smallest absolute Gasteiger partial charge is 0.155 e. The number of fused-ring (bicyclic) bond motifs is 1. The minimum Gasteiger partial charge on any atom is -0.295 e. The van der Waals surface area contributed by atoms with Gasteiger partial charge in [0, 0.05) is 11.8 Å². The van der Waals surface area contributed by atoms with Gasteiger partial charge in [0.15, 0.2) is 5.78 Å². The second-order valence-corrected chi connectivity index (χ2v) is 4.76. The Morgan fingerprint density at radius 3 is 2.47 bits per heavy atom. The zero-order valence-electron chi connectivity index (χ0n) is 10.4. The molecule has 0 saturated carbocycles. The maximum atomic E-state index is 11.6. The van der Waals surface area contributed by atoms with Gasteiger partial charge in [-0.05, 0) is 46.7 Å². The van der Waals surface area contributed by atoms with Crippen molar-refractivity contribution in [2.45, 2.75) is 19.3 Å². The Morgan fingerprint density at radius 2 is 1.74 bits per heavy atom. The molecule has 2 aromatic rings. The van der Waals surface area contributed by atoms with Crippen molar-refractivity contribution in [3.8, 4) is 0 Å². The van der Waals surface area contributed by atoms with Crippen molar-refractivity contribution in [3.63, 3.8) is 0 Å². The van der Waals surface area contributed by atoms with Gasteiger partial charge in [-0.3, -0.25) is 4.79 Å². The number of hydrogen-bond donors (Lipinski definition) is 0. The van der Waals surface area contributed by atoms with Gasteiger partial charge >= 0.3 is 0 Å². The predicted molar refractivity (Wildman–Crippen MR) is 76.2 cm³/mol. The highest BCUT2D eigenvalue weighted by Gasteiger charge is 2.14. The third kappa shape index (κ3) is 2.08. The van der Waals surface area contributed by atoms with Gasteiger partial charge in [-0.15, -0.1) is 4.91 Å². The standard InChI is InChI=1S/C16H13NO2/c18-12-5-3-4-11(10-12)13-8-9-16(17-19)15-7-2-1-6-14(13)15/h1-2,6-10H,3-5H2. The van der Waals surface area contributed by atoms with Crippen molar-refractivity contribution in [2.24, 2.45) is 5.18 Å². The zero-order valence-corrected chi connectivity index (χ0v) is 10.4. The minimum absolute atomic E-state index is 0.183. The lowest BCUT2D eigenvalue weighted by Crippen LogP contribution is -2.02. The second kappa shape index (κ2) is 4.76. The first-order valence-corrected chi connectivity index (χ1v) is 6.38. The molecule has 2 aromatic carbocycles. The highest BCUT2D eigenvalue weighted by atomic mass is 16.3. The molecule has 0 bridgehead atoms. The summed E-state index contributed by atoms with van der Waals surface area (Å²) in [5.74, 6) is 0.183. The lowest BCUT2D eigenvalue weighted by atomic mass is 9.89. The molecule has 19 heavy (non-hydrogen) atoms. The normalized spacial score (nSPS) is 15.4. The molecular weight excluding hydrogens is 238 g/mol. The number of rotatable bonds is 2. The highest BCUT2D eigenvalue weighted by molar-refractivity contribution is 6.05. The number of carbonyl (C=O) groups excluding carboxylic acids is 1. The van der Waals surface area contributed by atoms with Crippen LogP contribution in [0.25, 0.3) is 16.3 Å². The molecule has 0 unspecified atom stereocenters. The van der Waals surface area contributed by atoms with Gasteiger partial charge < -0.3 is 0 Å². The van der Waals surface area contributed by atoms with Crippen molar-refractivity contribution >= 4 is 27.8 Å². The van der Waals surface area contributed by atoms with Crippen LogP contribution in [-0.2, 0) is 4.79 Å². The van der Waals surface area contributed by atoms with Crippen molar-refractivity contribution in [2.75, 3.05) is 0 Å². The summed E-state index contributed by atoms with van der Waals surface area (Å²) in [4.78, 5) is 22.4. The quantitative estimate of drug-likeness (QED) is 0.744. The third-order valence-corrected chi connectivity index (χ3v) is 3.55. The predicted octanol–water partition coefficient (Wildman–Crippen LogP) is 4.37. The van der Waals surface area contributed by atoms with Gasteiger partial charge in [0.1, 0.15) is 5.69 Å². The molecule has 0 amide bonds. The monoisotopic (exact) mass is 251 g/mol. The van der Waals surface area contributed by atoms with Gasteiger partial charge in [0.25, 0.3) is 0 Å². The first-order chi connectivity index (χ1) is 9.29. The molecular formula is C16H13NO2. The molecule has 3 rings (SSSR count). The Balaban J connectivity index is 2.25. The summed E-state index contributed by atoms with van der Waals surface area (Å²) in [6.45, 7) is 0. The fourth-order valence-electron chi connectivity index (χ4n) is 2.65. The van der Waals surface area contributed by atoms with Crippen LogP contribution in [0, 0.1) is 4.91 Å². The maximum absolute atomic E-state index is 11.6. The van der Waals surface area contributed by atoms with Crippen LogP contribution in [0.1, 0.15) is 24.8 Å². The summed E-state index contributed by atoms with van der Waals surface area (Å²) in [5, 5.41) is 4.89. The second-order valence-electron chi connectivity index (χ2n) is 4.76. The van der Waals surface area contributed by atoms with Gasteiger partial charge in [-0.1, -0.05) is 30.3 Å². The van der Waals surface area contributed by atoms with E-state index in [9.17, 15) is 9.70 Å². The van der Waals surface area contributed by atoms with E-state index in [1.54, 1.807) is 12.1 Å². The molecule has 0 saturated heterocycles. The van der Waals surface area contributed by atoms with Crippen LogP contribution < -0.4 is 0 Å². The van der Waals surface area contributed by atoms with E-state index in [2.05, 4.69) is 5.18 Å². The van der Waals surface area contributed by atoms with Gasteiger partial charge in [0.05, 0.1) is 0 Å². The minimum atomic E-state index is 0.183. The Bertz CT molecular complexity index is 701. The summed E-state index contributed by atoms with van der Waals surface area (Å²) >= 11 is 0. The third-order valence-electron chi connectivity index (χ3n) is 3.55. The van der Waals surface area contributed by atoms with E-state index >= 15 is 0 Å². The first kappa shape index (κ1) is 11.8. The molecule has 1 aliphatic rings. The van der Waals surface area contributed by atoms with E-state index in [4.69, 9.17) is 0 Å². The van der Waals surface area contributed by atoms with Crippen LogP contribution in [0.4, 0.5) is 5.69 Å². The van der Waals surface area contributed by atoms with Crippen LogP contribution in [-0.4, -0.2) is 5.78 Å². The Morgan fingerprint density at radius 1 is 0.947 bits per heavy atom. The number of nitrogens with zero attached hydrogens (tertiary/aromatic N) is 1. The fraction of sp³-hybridized carbons (Fsp3) is 0.188. The van der Waals surface area contributed by atoms with Crippen LogP contribution >= 0.6 is 0 Å². The lowest BCUT2D eigenvalue weighted by molar-refractivity contribution is -0.114. The van der Waals surface area contributed by atoms with Crippen LogP contribution in [0.5, 0.6) is 0 Å². The number of hydrogen-bond acceptors (Lipinski definition) is 3. The first-order valence-electron chi connectivity index (χ1n) is 6.38. The Kier molecular flexibility index (Phi) is 2.95. The molecule has 94 valence electrons. The van der Waals surface area contributed by atoms with E-state index < -0.39 is 0 Å². The Hall–Kier alpha value is -2.29. The van der Waals surface area contributed by atoms with Crippen molar-refractivity contribution in [1.82, 2.24) is 0 Å². The summed E-state index contributed by atoms with van der Waals surface area (Å²) in [6, 6.07) is 11.3. The lowest BCUT2D eigenvalue weighted by Gasteiger charge is -2.15. The molecule has 1 aliphatic carbocycles. The number of nitroso groups, excluding NO2 is 1. The van der Waals surface area contributed by atoms with E-state index in [0.717, 1.165) is 34.8 Å². The van der Waals surface area contributed by atoms with E-state index in [0.29, 0.717) is 12.1 Å². The summed E-state index contributed by atoms with van der Waals surface area (Å²) in [7, 11) is 0. The van der Waals surface area contributed by atoms with Crippen LogP contribution in [0.3, 0.4) is 0 Å². The maximum Gasteiger partial charge on any atom is 0.155 e. The number of benzene rings is 2. The van der Waals surface area contributed by atoms with E-state index in [1.165, 1.54) is 0 Å². The van der Waals surface area contributed by atoms with Crippen molar-refractivity contribution in [3.05, 3.63) is 52.9 Å². The number of carbonyl (C=O) groups is 1. The highest BCUT2D eigenvalue weighted by Crippen LogP contribution is 2.35. The molecule has 0 radical (unpaired) electrons. The molecule has 3 heteroatoms. The zero-order chi connectivity index (χ0) is 13.2.